The quantitative estimate of drug-likeness (QED) is 0.844. The molecule has 0 saturated heterocycles. The van der Waals surface area contributed by atoms with Gasteiger partial charge in [-0.25, -0.2) is 9.36 Å². The summed E-state index contributed by atoms with van der Waals surface area (Å²) in [6.45, 7) is 1.45. The summed E-state index contributed by atoms with van der Waals surface area (Å²) in [6.07, 6.45) is 2.94. The molecule has 0 aliphatic heterocycles. The van der Waals surface area contributed by atoms with Crippen molar-refractivity contribution in [2.75, 3.05) is 5.32 Å². The van der Waals surface area contributed by atoms with Gasteiger partial charge in [-0.15, -0.1) is 0 Å². The molecular weight excluding hydrogens is 388 g/mol. The number of nitrogens with one attached hydrogen (secondary N) is 1. The summed E-state index contributed by atoms with van der Waals surface area (Å²) in [5, 5.41) is 11.8. The van der Waals surface area contributed by atoms with Gasteiger partial charge in [-0.1, -0.05) is 15.9 Å². The maximum absolute atomic E-state index is 12.5. The van der Waals surface area contributed by atoms with Crippen LogP contribution in [0.4, 0.5) is 5.69 Å². The third-order valence-electron chi connectivity index (χ3n) is 4.00. The Kier molecular flexibility index (Phi) is 4.59. The second kappa shape index (κ2) is 6.69. The number of carbonyl (C=O) groups is 1. The van der Waals surface area contributed by atoms with Crippen molar-refractivity contribution in [3.05, 3.63) is 60.8 Å². The van der Waals surface area contributed by atoms with Crippen LogP contribution < -0.4 is 16.6 Å². The summed E-state index contributed by atoms with van der Waals surface area (Å²) in [7, 11) is 0. The first-order chi connectivity index (χ1) is 11.9. The molecule has 1 aromatic carbocycles. The number of hydrogen-bond acceptors (Lipinski definition) is 4. The zero-order valence-corrected chi connectivity index (χ0v) is 15.0. The van der Waals surface area contributed by atoms with Crippen LogP contribution in [0.5, 0.6) is 0 Å². The summed E-state index contributed by atoms with van der Waals surface area (Å²) in [6, 6.07) is 7.09. The van der Waals surface area contributed by atoms with Gasteiger partial charge in [0.15, 0.2) is 0 Å². The van der Waals surface area contributed by atoms with Gasteiger partial charge in [0.2, 0.25) is 5.91 Å². The largest absolute Gasteiger partial charge is 0.331 e. The van der Waals surface area contributed by atoms with E-state index in [0.29, 0.717) is 5.69 Å². The summed E-state index contributed by atoms with van der Waals surface area (Å²) < 4.78 is 3.10. The molecule has 3 rings (SSSR count). The van der Waals surface area contributed by atoms with Gasteiger partial charge in [0, 0.05) is 22.4 Å². The van der Waals surface area contributed by atoms with Crippen molar-refractivity contribution >= 4 is 27.5 Å². The summed E-state index contributed by atoms with van der Waals surface area (Å²) in [5.41, 5.74) is 0.0641. The smallest absolute Gasteiger partial charge is 0.325 e. The predicted molar refractivity (Wildman–Crippen MR) is 95.5 cm³/mol. The minimum Gasteiger partial charge on any atom is -0.325 e. The second-order valence-electron chi connectivity index (χ2n) is 5.98. The molecule has 2 aromatic rings. The van der Waals surface area contributed by atoms with E-state index in [-0.39, 0.29) is 11.6 Å². The van der Waals surface area contributed by atoms with Gasteiger partial charge in [-0.2, -0.15) is 5.26 Å². The van der Waals surface area contributed by atoms with Crippen LogP contribution in [0.2, 0.25) is 0 Å². The van der Waals surface area contributed by atoms with E-state index in [4.69, 9.17) is 5.26 Å². The van der Waals surface area contributed by atoms with Crippen LogP contribution in [0, 0.1) is 18.3 Å². The van der Waals surface area contributed by atoms with Crippen LogP contribution in [-0.4, -0.2) is 15.0 Å². The van der Waals surface area contributed by atoms with Crippen molar-refractivity contribution in [1.82, 2.24) is 9.13 Å². The van der Waals surface area contributed by atoms with Crippen LogP contribution >= 0.6 is 15.9 Å². The van der Waals surface area contributed by atoms with E-state index in [1.165, 1.54) is 10.8 Å². The lowest BCUT2D eigenvalue weighted by Gasteiger charge is -2.11. The van der Waals surface area contributed by atoms with Crippen LogP contribution in [0.15, 0.2) is 38.5 Å². The highest BCUT2D eigenvalue weighted by molar-refractivity contribution is 9.10. The molecule has 7 nitrogen and oxygen atoms in total. The Labute approximate surface area is 151 Å². The van der Waals surface area contributed by atoms with E-state index in [0.717, 1.165) is 27.4 Å². The molecule has 25 heavy (non-hydrogen) atoms. The Balaban J connectivity index is 1.89. The Bertz CT molecular complexity index is 1010. The molecule has 0 bridgehead atoms. The number of aryl methyl sites for hydroxylation is 1. The van der Waals surface area contributed by atoms with Crippen molar-refractivity contribution in [2.24, 2.45) is 0 Å². The molecule has 1 aromatic heterocycles. The first-order valence-corrected chi connectivity index (χ1v) is 8.52. The average molecular weight is 403 g/mol. The lowest BCUT2D eigenvalue weighted by Crippen LogP contribution is -2.43. The average Bonchev–Trinajstić information content (AvgIpc) is 3.40. The van der Waals surface area contributed by atoms with E-state index < -0.39 is 23.7 Å². The Morgan fingerprint density at radius 2 is 2.12 bits per heavy atom. The van der Waals surface area contributed by atoms with Crippen molar-refractivity contribution in [1.29, 1.82) is 5.26 Å². The molecule has 0 spiro atoms. The number of hydrogen-bond donors (Lipinski definition) is 1. The molecule has 1 aliphatic rings. The van der Waals surface area contributed by atoms with Gasteiger partial charge in [0.25, 0.3) is 5.56 Å². The van der Waals surface area contributed by atoms with Crippen LogP contribution in [0.1, 0.15) is 30.0 Å². The zero-order valence-electron chi connectivity index (χ0n) is 13.5. The molecule has 1 amide bonds. The number of anilines is 1. The summed E-state index contributed by atoms with van der Waals surface area (Å²) in [4.78, 5) is 37.0. The third kappa shape index (κ3) is 3.56. The SMILES string of the molecule is Cc1cc(NC(=O)Cn2c(=O)c(C#N)cn(C3CC3)c2=O)ccc1Br. The fourth-order valence-corrected chi connectivity index (χ4v) is 2.76. The minimum atomic E-state index is -0.744. The normalized spacial score (nSPS) is 13.3. The predicted octanol–water partition coefficient (Wildman–Crippen LogP) is 1.93. The summed E-state index contributed by atoms with van der Waals surface area (Å²) >= 11 is 3.38. The first-order valence-electron chi connectivity index (χ1n) is 7.73. The van der Waals surface area contributed by atoms with Gasteiger partial charge in [-0.05, 0) is 43.5 Å². The highest BCUT2D eigenvalue weighted by atomic mass is 79.9. The fraction of sp³-hybridized carbons (Fsp3) is 0.294. The number of rotatable bonds is 4. The molecule has 1 N–H and O–H groups in total. The molecule has 1 saturated carbocycles. The number of benzene rings is 1. The van der Waals surface area contributed by atoms with E-state index in [9.17, 15) is 14.4 Å². The Hall–Kier alpha value is -2.66. The van der Waals surface area contributed by atoms with Crippen molar-refractivity contribution in [3.63, 3.8) is 0 Å². The number of aromatic nitrogens is 2. The molecule has 8 heteroatoms. The maximum Gasteiger partial charge on any atom is 0.331 e. The zero-order chi connectivity index (χ0) is 18.1. The van der Waals surface area contributed by atoms with Gasteiger partial charge in [0.1, 0.15) is 18.2 Å². The number of nitrogens with zero attached hydrogens (tertiary/aromatic N) is 3. The van der Waals surface area contributed by atoms with Crippen LogP contribution in [-0.2, 0) is 11.3 Å². The minimum absolute atomic E-state index is 0.00337. The van der Waals surface area contributed by atoms with Crippen LogP contribution in [0.3, 0.4) is 0 Å². The van der Waals surface area contributed by atoms with E-state index in [1.807, 2.05) is 6.92 Å². The van der Waals surface area contributed by atoms with Gasteiger partial charge < -0.3 is 5.32 Å². The number of carbonyl (C=O) groups excluding carboxylic acids is 1. The number of nitriles is 1. The molecule has 0 radical (unpaired) electrons. The number of halogens is 1. The van der Waals surface area contributed by atoms with Crippen molar-refractivity contribution in [2.45, 2.75) is 32.4 Å². The third-order valence-corrected chi connectivity index (χ3v) is 4.89. The lowest BCUT2D eigenvalue weighted by atomic mass is 10.2. The maximum atomic E-state index is 12.5. The number of amides is 1. The standard InChI is InChI=1S/C17H15BrN4O3/c1-10-6-12(2-5-14(10)18)20-15(23)9-22-16(24)11(7-19)8-21(17(22)25)13-3-4-13/h2,5-6,8,13H,3-4,9H2,1H3,(H,20,23). The topological polar surface area (TPSA) is 96.9 Å². The molecule has 128 valence electrons. The highest BCUT2D eigenvalue weighted by Gasteiger charge is 2.27. The van der Waals surface area contributed by atoms with E-state index >= 15 is 0 Å². The molecule has 1 aliphatic carbocycles. The summed E-state index contributed by atoms with van der Waals surface area (Å²) in [5.74, 6) is -0.502. The van der Waals surface area contributed by atoms with Crippen molar-refractivity contribution in [3.8, 4) is 6.07 Å². The highest BCUT2D eigenvalue weighted by Crippen LogP contribution is 2.33. The van der Waals surface area contributed by atoms with E-state index in [2.05, 4.69) is 21.2 Å². The Morgan fingerprint density at radius 1 is 1.40 bits per heavy atom. The van der Waals surface area contributed by atoms with Crippen LogP contribution in [0.25, 0.3) is 0 Å². The van der Waals surface area contributed by atoms with Gasteiger partial charge >= 0.3 is 5.69 Å². The Morgan fingerprint density at radius 3 is 2.72 bits per heavy atom. The lowest BCUT2D eigenvalue weighted by molar-refractivity contribution is -0.116. The molecular formula is C17H15BrN4O3. The molecule has 1 heterocycles. The van der Waals surface area contributed by atoms with E-state index in [1.54, 1.807) is 24.3 Å². The monoisotopic (exact) mass is 402 g/mol. The fourth-order valence-electron chi connectivity index (χ4n) is 2.52. The second-order valence-corrected chi connectivity index (χ2v) is 6.83. The van der Waals surface area contributed by atoms with Crippen molar-refractivity contribution < 1.29 is 4.79 Å². The van der Waals surface area contributed by atoms with Gasteiger partial charge in [0.05, 0.1) is 0 Å². The first kappa shape index (κ1) is 17.2. The molecule has 1 fully saturated rings. The molecule has 0 unspecified atom stereocenters. The molecule has 0 atom stereocenters. The van der Waals surface area contributed by atoms with Gasteiger partial charge in [-0.3, -0.25) is 14.2 Å².